The lowest BCUT2D eigenvalue weighted by Crippen LogP contribution is -2.26. The number of nitrogens with zero attached hydrogens (tertiary/aromatic N) is 1. The summed E-state index contributed by atoms with van der Waals surface area (Å²) in [7, 11) is 0. The van der Waals surface area contributed by atoms with Crippen molar-refractivity contribution < 1.29 is 19.8 Å². The van der Waals surface area contributed by atoms with Crippen molar-refractivity contribution >= 4 is 23.2 Å². The van der Waals surface area contributed by atoms with Gasteiger partial charge in [0.1, 0.15) is 11.5 Å². The molecular formula is C20H16N2O4. The standard InChI is InChI=1S/C20H16N2O4/c21-19(25)13-7-9-14(10-8-13)20(26)22(15-3-1-5-17(23)11-15)16-4-2-6-18(24)12-16/h1-12,23-24H,(H2,21,25). The predicted octanol–water partition coefficient (Wildman–Crippen LogP) is 3.18. The number of rotatable bonds is 4. The number of primary amides is 1. The molecule has 0 unspecified atom stereocenters. The zero-order valence-corrected chi connectivity index (χ0v) is 13.7. The van der Waals surface area contributed by atoms with Crippen molar-refractivity contribution in [3.05, 3.63) is 83.9 Å². The second kappa shape index (κ2) is 6.98. The lowest BCUT2D eigenvalue weighted by Gasteiger charge is -2.23. The number of aromatic hydroxyl groups is 2. The highest BCUT2D eigenvalue weighted by molar-refractivity contribution is 6.11. The van der Waals surface area contributed by atoms with Gasteiger partial charge in [-0.3, -0.25) is 14.5 Å². The Labute approximate surface area is 149 Å². The van der Waals surface area contributed by atoms with Gasteiger partial charge in [0.15, 0.2) is 0 Å². The van der Waals surface area contributed by atoms with Gasteiger partial charge in [-0.15, -0.1) is 0 Å². The van der Waals surface area contributed by atoms with Crippen LogP contribution >= 0.6 is 0 Å². The van der Waals surface area contributed by atoms with Crippen LogP contribution in [0.1, 0.15) is 20.7 Å². The van der Waals surface area contributed by atoms with Crippen LogP contribution in [0.2, 0.25) is 0 Å². The van der Waals surface area contributed by atoms with Crippen molar-refractivity contribution in [2.45, 2.75) is 0 Å². The van der Waals surface area contributed by atoms with E-state index in [2.05, 4.69) is 0 Å². The number of hydrogen-bond donors (Lipinski definition) is 3. The first-order valence-electron chi connectivity index (χ1n) is 7.78. The second-order valence-corrected chi connectivity index (χ2v) is 5.62. The fourth-order valence-corrected chi connectivity index (χ4v) is 2.55. The van der Waals surface area contributed by atoms with Gasteiger partial charge in [0.25, 0.3) is 5.91 Å². The smallest absolute Gasteiger partial charge is 0.262 e. The number of amides is 2. The monoisotopic (exact) mass is 348 g/mol. The van der Waals surface area contributed by atoms with Crippen molar-refractivity contribution in [2.24, 2.45) is 5.73 Å². The largest absolute Gasteiger partial charge is 0.508 e. The van der Waals surface area contributed by atoms with Gasteiger partial charge < -0.3 is 15.9 Å². The number of hydrogen-bond acceptors (Lipinski definition) is 4. The number of carbonyl (C=O) groups excluding carboxylic acids is 2. The Kier molecular flexibility index (Phi) is 4.57. The van der Waals surface area contributed by atoms with Crippen molar-refractivity contribution in [2.75, 3.05) is 4.90 Å². The molecule has 3 aromatic carbocycles. The highest BCUT2D eigenvalue weighted by Crippen LogP contribution is 2.31. The van der Waals surface area contributed by atoms with E-state index in [1.54, 1.807) is 24.3 Å². The molecule has 4 N–H and O–H groups in total. The molecular weight excluding hydrogens is 332 g/mol. The summed E-state index contributed by atoms with van der Waals surface area (Å²) in [5.41, 5.74) is 6.70. The molecule has 0 aliphatic heterocycles. The SMILES string of the molecule is NC(=O)c1ccc(C(=O)N(c2cccc(O)c2)c2cccc(O)c2)cc1. The normalized spacial score (nSPS) is 10.3. The lowest BCUT2D eigenvalue weighted by atomic mass is 10.1. The number of nitrogens with two attached hydrogens (primary N) is 1. The van der Waals surface area contributed by atoms with Crippen LogP contribution in [0.3, 0.4) is 0 Å². The summed E-state index contributed by atoms with van der Waals surface area (Å²) in [6, 6.07) is 18.4. The summed E-state index contributed by atoms with van der Waals surface area (Å²) in [4.78, 5) is 25.7. The van der Waals surface area contributed by atoms with Crippen molar-refractivity contribution in [3.63, 3.8) is 0 Å². The maximum absolute atomic E-state index is 13.1. The van der Waals surface area contributed by atoms with Crippen molar-refractivity contribution in [1.29, 1.82) is 0 Å². The van der Waals surface area contributed by atoms with E-state index in [4.69, 9.17) is 5.73 Å². The number of carbonyl (C=O) groups is 2. The Balaban J connectivity index is 2.08. The number of phenolic OH excluding ortho intramolecular Hbond substituents is 2. The molecule has 0 spiro atoms. The molecule has 0 bridgehead atoms. The summed E-state index contributed by atoms with van der Waals surface area (Å²) >= 11 is 0. The van der Waals surface area contributed by atoms with Crippen molar-refractivity contribution in [1.82, 2.24) is 0 Å². The van der Waals surface area contributed by atoms with E-state index in [1.807, 2.05) is 0 Å². The average molecular weight is 348 g/mol. The van der Waals surface area contributed by atoms with Crippen LogP contribution in [0.4, 0.5) is 11.4 Å². The molecule has 6 nitrogen and oxygen atoms in total. The highest BCUT2D eigenvalue weighted by atomic mass is 16.3. The van der Waals surface area contributed by atoms with Crippen LogP contribution in [0.5, 0.6) is 11.5 Å². The summed E-state index contributed by atoms with van der Waals surface area (Å²) in [5, 5.41) is 19.5. The van der Waals surface area contributed by atoms with Gasteiger partial charge >= 0.3 is 0 Å². The first-order chi connectivity index (χ1) is 12.5. The summed E-state index contributed by atoms with van der Waals surface area (Å²) in [6.45, 7) is 0. The minimum absolute atomic E-state index is 0.00419. The molecule has 3 rings (SSSR count). The van der Waals surface area contributed by atoms with Gasteiger partial charge in [0, 0.05) is 23.3 Å². The van der Waals surface area contributed by atoms with Crippen LogP contribution in [0.15, 0.2) is 72.8 Å². The van der Waals surface area contributed by atoms with E-state index in [1.165, 1.54) is 53.4 Å². The van der Waals surface area contributed by atoms with E-state index >= 15 is 0 Å². The van der Waals surface area contributed by atoms with E-state index in [-0.39, 0.29) is 11.5 Å². The van der Waals surface area contributed by atoms with Crippen molar-refractivity contribution in [3.8, 4) is 11.5 Å². The number of anilines is 2. The fourth-order valence-electron chi connectivity index (χ4n) is 2.55. The quantitative estimate of drug-likeness (QED) is 0.673. The Morgan fingerprint density at radius 1 is 0.731 bits per heavy atom. The molecule has 0 aliphatic carbocycles. The minimum atomic E-state index is -0.582. The number of phenols is 2. The fraction of sp³-hybridized carbons (Fsp3) is 0. The minimum Gasteiger partial charge on any atom is -0.508 e. The Bertz CT molecular complexity index is 922. The third-order valence-electron chi connectivity index (χ3n) is 3.80. The van der Waals surface area contributed by atoms with E-state index in [0.717, 1.165) is 0 Å². The molecule has 0 atom stereocenters. The molecule has 0 heterocycles. The van der Waals surface area contributed by atoms with E-state index in [0.29, 0.717) is 22.5 Å². The molecule has 130 valence electrons. The Morgan fingerprint density at radius 2 is 1.19 bits per heavy atom. The molecule has 0 aliphatic rings. The van der Waals surface area contributed by atoms with Gasteiger partial charge in [-0.25, -0.2) is 0 Å². The molecule has 6 heteroatoms. The molecule has 3 aromatic rings. The summed E-state index contributed by atoms with van der Waals surface area (Å²) < 4.78 is 0. The third kappa shape index (κ3) is 3.49. The molecule has 0 radical (unpaired) electrons. The average Bonchev–Trinajstić information content (AvgIpc) is 2.62. The van der Waals surface area contributed by atoms with Gasteiger partial charge in [-0.1, -0.05) is 12.1 Å². The topological polar surface area (TPSA) is 104 Å². The van der Waals surface area contributed by atoms with Crippen LogP contribution in [0.25, 0.3) is 0 Å². The zero-order chi connectivity index (χ0) is 18.7. The molecule has 0 saturated carbocycles. The molecule has 26 heavy (non-hydrogen) atoms. The highest BCUT2D eigenvalue weighted by Gasteiger charge is 2.21. The predicted molar refractivity (Wildman–Crippen MR) is 97.6 cm³/mol. The van der Waals surface area contributed by atoms with Crippen LogP contribution in [-0.2, 0) is 0 Å². The second-order valence-electron chi connectivity index (χ2n) is 5.62. The van der Waals surface area contributed by atoms with Gasteiger partial charge in [-0.2, -0.15) is 0 Å². The lowest BCUT2D eigenvalue weighted by molar-refractivity contribution is 0.0988. The number of benzene rings is 3. The molecule has 0 fully saturated rings. The van der Waals surface area contributed by atoms with Gasteiger partial charge in [-0.05, 0) is 48.5 Å². The Morgan fingerprint density at radius 3 is 1.62 bits per heavy atom. The van der Waals surface area contributed by atoms with Crippen LogP contribution < -0.4 is 10.6 Å². The first-order valence-corrected chi connectivity index (χ1v) is 7.78. The molecule has 0 aromatic heterocycles. The maximum atomic E-state index is 13.1. The van der Waals surface area contributed by atoms with Gasteiger partial charge in [0.05, 0.1) is 11.4 Å². The van der Waals surface area contributed by atoms with Crippen LogP contribution in [-0.4, -0.2) is 22.0 Å². The molecule has 0 saturated heterocycles. The molecule has 2 amide bonds. The summed E-state index contributed by atoms with van der Waals surface area (Å²) in [6.07, 6.45) is 0. The third-order valence-corrected chi connectivity index (χ3v) is 3.80. The Hall–Kier alpha value is -3.80. The zero-order valence-electron chi connectivity index (χ0n) is 13.7. The van der Waals surface area contributed by atoms with Crippen LogP contribution in [0, 0.1) is 0 Å². The van der Waals surface area contributed by atoms with E-state index < -0.39 is 11.8 Å². The van der Waals surface area contributed by atoms with E-state index in [9.17, 15) is 19.8 Å². The van der Waals surface area contributed by atoms with Gasteiger partial charge in [0.2, 0.25) is 5.91 Å². The summed E-state index contributed by atoms with van der Waals surface area (Å²) in [5.74, 6) is -0.965. The maximum Gasteiger partial charge on any atom is 0.262 e. The first kappa shape index (κ1) is 17.0.